The van der Waals surface area contributed by atoms with Gasteiger partial charge in [0.1, 0.15) is 0 Å². The molecule has 0 saturated carbocycles. The summed E-state index contributed by atoms with van der Waals surface area (Å²) >= 11 is 6.34. The van der Waals surface area contributed by atoms with Gasteiger partial charge in [-0.25, -0.2) is 0 Å². The molecule has 0 radical (unpaired) electrons. The summed E-state index contributed by atoms with van der Waals surface area (Å²) in [6.45, 7) is 2.04. The Labute approximate surface area is 132 Å². The van der Waals surface area contributed by atoms with Crippen LogP contribution in [0.25, 0.3) is 0 Å². The Kier molecular flexibility index (Phi) is 4.39. The van der Waals surface area contributed by atoms with Gasteiger partial charge in [-0.05, 0) is 42.4 Å². The molecule has 0 bridgehead atoms. The molecule has 0 heterocycles. The molecule has 0 nitrogen and oxygen atoms in total. The normalized spacial score (nSPS) is 10.8. The Bertz CT molecular complexity index is 684. The zero-order valence-corrected chi connectivity index (χ0v) is 13.5. The Morgan fingerprint density at radius 2 is 1.19 bits per heavy atom. The predicted octanol–water partition coefficient (Wildman–Crippen LogP) is 4.41. The van der Waals surface area contributed by atoms with E-state index in [0.29, 0.717) is 0 Å². The van der Waals surface area contributed by atoms with Gasteiger partial charge < -0.3 is 0 Å². The highest BCUT2D eigenvalue weighted by Gasteiger charge is 2.16. The van der Waals surface area contributed by atoms with Crippen LogP contribution in [0.3, 0.4) is 0 Å². The van der Waals surface area contributed by atoms with E-state index in [1.807, 2.05) is 6.92 Å². The molecule has 0 aliphatic heterocycles. The monoisotopic (exact) mass is 310 g/mol. The SMILES string of the molecule is Cc1ccc(P(c2ccccc2)c2ccccc2)cc1Cl. The molecular weight excluding hydrogens is 295 g/mol. The number of rotatable bonds is 3. The van der Waals surface area contributed by atoms with Gasteiger partial charge in [0.15, 0.2) is 0 Å². The van der Waals surface area contributed by atoms with Crippen LogP contribution in [0, 0.1) is 6.92 Å². The van der Waals surface area contributed by atoms with E-state index >= 15 is 0 Å². The first-order chi connectivity index (χ1) is 10.3. The van der Waals surface area contributed by atoms with E-state index in [9.17, 15) is 0 Å². The van der Waals surface area contributed by atoms with Crippen molar-refractivity contribution in [3.05, 3.63) is 89.4 Å². The predicted molar refractivity (Wildman–Crippen MR) is 94.9 cm³/mol. The van der Waals surface area contributed by atoms with Gasteiger partial charge in [-0.3, -0.25) is 0 Å². The molecule has 0 amide bonds. The maximum Gasteiger partial charge on any atom is 0.0441 e. The summed E-state index contributed by atoms with van der Waals surface area (Å²) < 4.78 is 0. The Morgan fingerprint density at radius 3 is 1.67 bits per heavy atom. The maximum atomic E-state index is 6.34. The second-order valence-corrected chi connectivity index (χ2v) is 7.57. The molecule has 0 fully saturated rings. The van der Waals surface area contributed by atoms with E-state index < -0.39 is 7.92 Å². The van der Waals surface area contributed by atoms with Gasteiger partial charge in [0.05, 0.1) is 0 Å². The lowest BCUT2D eigenvalue weighted by molar-refractivity contribution is 1.49. The van der Waals surface area contributed by atoms with Crippen LogP contribution < -0.4 is 15.9 Å². The average molecular weight is 311 g/mol. The fourth-order valence-electron chi connectivity index (χ4n) is 2.32. The quantitative estimate of drug-likeness (QED) is 0.629. The first-order valence-corrected chi connectivity index (χ1v) is 8.64. The standard InChI is InChI=1S/C19H16ClP/c1-15-12-13-18(14-19(15)20)21(16-8-4-2-5-9-16)17-10-6-3-7-11-17/h2-14H,1H3. The third kappa shape index (κ3) is 3.18. The van der Waals surface area contributed by atoms with Crippen LogP contribution in [0.2, 0.25) is 5.02 Å². The third-order valence-corrected chi connectivity index (χ3v) is 6.27. The van der Waals surface area contributed by atoms with Gasteiger partial charge in [-0.2, -0.15) is 0 Å². The highest BCUT2D eigenvalue weighted by molar-refractivity contribution is 7.79. The highest BCUT2D eigenvalue weighted by Crippen LogP contribution is 2.33. The lowest BCUT2D eigenvalue weighted by atomic mass is 10.2. The summed E-state index contributed by atoms with van der Waals surface area (Å²) in [6, 6.07) is 27.8. The van der Waals surface area contributed by atoms with E-state index in [0.717, 1.165) is 10.6 Å². The molecule has 0 unspecified atom stereocenters. The molecular formula is C19H16ClP. The van der Waals surface area contributed by atoms with Crippen molar-refractivity contribution >= 4 is 35.4 Å². The summed E-state index contributed by atoms with van der Waals surface area (Å²) in [6.07, 6.45) is 0. The molecule has 0 aliphatic carbocycles. The lowest BCUT2D eigenvalue weighted by Gasteiger charge is -2.19. The molecule has 3 aromatic carbocycles. The molecule has 3 aromatic rings. The zero-order chi connectivity index (χ0) is 14.7. The van der Waals surface area contributed by atoms with E-state index in [1.54, 1.807) is 0 Å². The van der Waals surface area contributed by atoms with Crippen LogP contribution >= 0.6 is 19.5 Å². The van der Waals surface area contributed by atoms with Crippen molar-refractivity contribution in [2.75, 3.05) is 0 Å². The summed E-state index contributed by atoms with van der Waals surface area (Å²) in [4.78, 5) is 0. The summed E-state index contributed by atoms with van der Waals surface area (Å²) in [5, 5.41) is 4.82. The van der Waals surface area contributed by atoms with Gasteiger partial charge in [0.2, 0.25) is 0 Å². The zero-order valence-electron chi connectivity index (χ0n) is 11.8. The van der Waals surface area contributed by atoms with Crippen molar-refractivity contribution in [3.63, 3.8) is 0 Å². The second kappa shape index (κ2) is 6.43. The summed E-state index contributed by atoms with van der Waals surface area (Å²) in [7, 11) is -0.559. The van der Waals surface area contributed by atoms with Crippen molar-refractivity contribution in [3.8, 4) is 0 Å². The van der Waals surface area contributed by atoms with Crippen molar-refractivity contribution in [2.45, 2.75) is 6.92 Å². The van der Waals surface area contributed by atoms with Crippen molar-refractivity contribution < 1.29 is 0 Å². The highest BCUT2D eigenvalue weighted by atomic mass is 35.5. The molecule has 21 heavy (non-hydrogen) atoms. The third-order valence-electron chi connectivity index (χ3n) is 3.44. The average Bonchev–Trinajstić information content (AvgIpc) is 2.53. The summed E-state index contributed by atoms with van der Waals surface area (Å²) in [5.74, 6) is 0. The topological polar surface area (TPSA) is 0 Å². The number of hydrogen-bond acceptors (Lipinski definition) is 0. The minimum Gasteiger partial charge on any atom is -0.0840 e. The van der Waals surface area contributed by atoms with Gasteiger partial charge in [-0.1, -0.05) is 84.4 Å². The molecule has 0 saturated heterocycles. The van der Waals surface area contributed by atoms with Gasteiger partial charge >= 0.3 is 0 Å². The molecule has 0 atom stereocenters. The minimum atomic E-state index is -0.559. The Hall–Kier alpha value is -1.62. The van der Waals surface area contributed by atoms with Gasteiger partial charge in [0, 0.05) is 5.02 Å². The van der Waals surface area contributed by atoms with Crippen LogP contribution in [-0.4, -0.2) is 0 Å². The number of hydrogen-bond donors (Lipinski definition) is 0. The molecule has 3 rings (SSSR count). The van der Waals surface area contributed by atoms with Crippen LogP contribution in [0.5, 0.6) is 0 Å². The maximum absolute atomic E-state index is 6.34. The Morgan fingerprint density at radius 1 is 0.667 bits per heavy atom. The van der Waals surface area contributed by atoms with Crippen LogP contribution in [0.4, 0.5) is 0 Å². The largest absolute Gasteiger partial charge is 0.0840 e. The number of aryl methyl sites for hydroxylation is 1. The second-order valence-electron chi connectivity index (χ2n) is 4.94. The molecule has 104 valence electrons. The van der Waals surface area contributed by atoms with Crippen LogP contribution in [0.15, 0.2) is 78.9 Å². The first-order valence-electron chi connectivity index (χ1n) is 6.92. The Balaban J connectivity index is 2.14. The fourth-order valence-corrected chi connectivity index (χ4v) is 4.90. The van der Waals surface area contributed by atoms with Crippen LogP contribution in [0.1, 0.15) is 5.56 Å². The van der Waals surface area contributed by atoms with Crippen molar-refractivity contribution in [1.82, 2.24) is 0 Å². The smallest absolute Gasteiger partial charge is 0.0441 e. The van der Waals surface area contributed by atoms with Gasteiger partial charge in [-0.15, -0.1) is 0 Å². The summed E-state index contributed by atoms with van der Waals surface area (Å²) in [5.41, 5.74) is 1.12. The van der Waals surface area contributed by atoms with Crippen LogP contribution in [-0.2, 0) is 0 Å². The van der Waals surface area contributed by atoms with Crippen molar-refractivity contribution in [2.24, 2.45) is 0 Å². The minimum absolute atomic E-state index is 0.559. The first kappa shape index (κ1) is 14.3. The fraction of sp³-hybridized carbons (Fsp3) is 0.0526. The number of benzene rings is 3. The van der Waals surface area contributed by atoms with E-state index in [1.165, 1.54) is 15.9 Å². The van der Waals surface area contributed by atoms with E-state index in [2.05, 4.69) is 78.9 Å². The van der Waals surface area contributed by atoms with E-state index in [-0.39, 0.29) is 0 Å². The molecule has 0 aliphatic rings. The number of halogens is 1. The van der Waals surface area contributed by atoms with Crippen molar-refractivity contribution in [1.29, 1.82) is 0 Å². The molecule has 0 spiro atoms. The lowest BCUT2D eigenvalue weighted by Crippen LogP contribution is -2.20. The molecule has 0 N–H and O–H groups in total. The van der Waals surface area contributed by atoms with Gasteiger partial charge in [0.25, 0.3) is 0 Å². The molecule has 2 heteroatoms. The van der Waals surface area contributed by atoms with E-state index in [4.69, 9.17) is 11.6 Å². The molecule has 0 aromatic heterocycles.